The highest BCUT2D eigenvalue weighted by Gasteiger charge is 2.02. The molecule has 2 nitrogen and oxygen atoms in total. The quantitative estimate of drug-likeness (QED) is 0.827. The van der Waals surface area contributed by atoms with Gasteiger partial charge in [0.15, 0.2) is 0 Å². The van der Waals surface area contributed by atoms with E-state index in [0.717, 1.165) is 5.69 Å². The normalized spacial score (nSPS) is 10.2. The fourth-order valence-corrected chi connectivity index (χ4v) is 1.51. The molecule has 1 heterocycles. The molecule has 2 rings (SSSR count). The monoisotopic (exact) mass is 281 g/mol. The van der Waals surface area contributed by atoms with Crippen LogP contribution in [-0.4, -0.2) is 4.98 Å². The maximum Gasteiger partial charge on any atom is 0.141 e. The summed E-state index contributed by atoms with van der Waals surface area (Å²) >= 11 is 3.09. The molecule has 0 amide bonds. The van der Waals surface area contributed by atoms with E-state index in [0.29, 0.717) is 16.0 Å². The SMILES string of the molecule is Cc1cc(Oc2ccc(Br)c(F)c2)ccn1. The number of hydrogen-bond donors (Lipinski definition) is 0. The molecule has 0 fully saturated rings. The van der Waals surface area contributed by atoms with E-state index in [4.69, 9.17) is 4.74 Å². The molecule has 0 aliphatic heterocycles. The highest BCUT2D eigenvalue weighted by molar-refractivity contribution is 9.10. The van der Waals surface area contributed by atoms with Gasteiger partial charge in [-0.25, -0.2) is 4.39 Å². The summed E-state index contributed by atoms with van der Waals surface area (Å²) < 4.78 is 19.1. The topological polar surface area (TPSA) is 22.1 Å². The Morgan fingerprint density at radius 1 is 1.19 bits per heavy atom. The van der Waals surface area contributed by atoms with Gasteiger partial charge in [-0.2, -0.15) is 0 Å². The van der Waals surface area contributed by atoms with Gasteiger partial charge in [0.2, 0.25) is 0 Å². The van der Waals surface area contributed by atoms with Crippen molar-refractivity contribution in [3.05, 3.63) is 52.5 Å². The van der Waals surface area contributed by atoms with Crippen LogP contribution in [0.5, 0.6) is 11.5 Å². The summed E-state index contributed by atoms with van der Waals surface area (Å²) in [4.78, 5) is 4.05. The average molecular weight is 282 g/mol. The van der Waals surface area contributed by atoms with Gasteiger partial charge in [-0.1, -0.05) is 0 Å². The predicted molar refractivity (Wildman–Crippen MR) is 63.1 cm³/mol. The first-order valence-corrected chi connectivity index (χ1v) is 5.50. The van der Waals surface area contributed by atoms with Crippen molar-refractivity contribution in [2.45, 2.75) is 6.92 Å². The Hall–Kier alpha value is -1.42. The zero-order valence-electron chi connectivity index (χ0n) is 8.58. The van der Waals surface area contributed by atoms with Crippen molar-refractivity contribution in [2.24, 2.45) is 0 Å². The van der Waals surface area contributed by atoms with Gasteiger partial charge in [0.25, 0.3) is 0 Å². The Labute approximate surface area is 101 Å². The molecule has 0 bridgehead atoms. The number of ether oxygens (including phenoxy) is 1. The summed E-state index contributed by atoms with van der Waals surface area (Å²) in [5.74, 6) is 0.767. The van der Waals surface area contributed by atoms with Crippen molar-refractivity contribution in [3.63, 3.8) is 0 Å². The smallest absolute Gasteiger partial charge is 0.141 e. The fourth-order valence-electron chi connectivity index (χ4n) is 1.26. The van der Waals surface area contributed by atoms with Crippen LogP contribution in [-0.2, 0) is 0 Å². The first kappa shape index (κ1) is 11.1. The van der Waals surface area contributed by atoms with Crippen LogP contribution in [0.3, 0.4) is 0 Å². The third-order valence-corrected chi connectivity index (χ3v) is 2.64. The second-order valence-electron chi connectivity index (χ2n) is 3.31. The summed E-state index contributed by atoms with van der Waals surface area (Å²) in [6.07, 6.45) is 1.65. The van der Waals surface area contributed by atoms with Gasteiger partial charge >= 0.3 is 0 Å². The number of aromatic nitrogens is 1. The molecule has 1 aromatic carbocycles. The van der Waals surface area contributed by atoms with E-state index in [1.807, 2.05) is 6.92 Å². The summed E-state index contributed by atoms with van der Waals surface area (Å²) in [6.45, 7) is 1.87. The van der Waals surface area contributed by atoms with Crippen LogP contribution in [0.4, 0.5) is 4.39 Å². The van der Waals surface area contributed by atoms with Gasteiger partial charge in [0.1, 0.15) is 17.3 Å². The maximum absolute atomic E-state index is 13.2. The van der Waals surface area contributed by atoms with Crippen LogP contribution in [0.15, 0.2) is 41.0 Å². The molecule has 0 unspecified atom stereocenters. The second kappa shape index (κ2) is 4.61. The average Bonchev–Trinajstić information content (AvgIpc) is 2.24. The summed E-state index contributed by atoms with van der Waals surface area (Å²) in [5, 5.41) is 0. The van der Waals surface area contributed by atoms with Crippen LogP contribution in [0.2, 0.25) is 0 Å². The molecule has 0 aliphatic carbocycles. The molecular weight excluding hydrogens is 273 g/mol. The number of halogens is 2. The molecule has 0 saturated carbocycles. The van der Waals surface area contributed by atoms with Crippen molar-refractivity contribution in [2.75, 3.05) is 0 Å². The van der Waals surface area contributed by atoms with Gasteiger partial charge in [0.05, 0.1) is 4.47 Å². The minimum Gasteiger partial charge on any atom is -0.457 e. The van der Waals surface area contributed by atoms with E-state index in [1.54, 1.807) is 30.5 Å². The summed E-state index contributed by atoms with van der Waals surface area (Å²) in [5.41, 5.74) is 0.857. The lowest BCUT2D eigenvalue weighted by Crippen LogP contribution is -1.87. The Bertz CT molecular complexity index is 516. The van der Waals surface area contributed by atoms with Crippen molar-refractivity contribution >= 4 is 15.9 Å². The lowest BCUT2D eigenvalue weighted by atomic mass is 10.3. The zero-order valence-corrected chi connectivity index (χ0v) is 10.2. The van der Waals surface area contributed by atoms with Crippen molar-refractivity contribution in [1.29, 1.82) is 0 Å². The third-order valence-electron chi connectivity index (χ3n) is 1.99. The van der Waals surface area contributed by atoms with E-state index >= 15 is 0 Å². The van der Waals surface area contributed by atoms with Crippen LogP contribution in [0.25, 0.3) is 0 Å². The van der Waals surface area contributed by atoms with Crippen molar-refractivity contribution < 1.29 is 9.13 Å². The Morgan fingerprint density at radius 2 is 1.94 bits per heavy atom. The van der Waals surface area contributed by atoms with Gasteiger partial charge in [-0.3, -0.25) is 4.98 Å². The molecule has 0 radical (unpaired) electrons. The highest BCUT2D eigenvalue weighted by atomic mass is 79.9. The Kier molecular flexibility index (Phi) is 3.19. The molecule has 1 aromatic heterocycles. The summed E-state index contributed by atoms with van der Waals surface area (Å²) in [7, 11) is 0. The van der Waals surface area contributed by atoms with Crippen LogP contribution in [0, 0.1) is 12.7 Å². The molecule has 0 N–H and O–H groups in total. The minimum atomic E-state index is -0.344. The van der Waals surface area contributed by atoms with E-state index in [1.165, 1.54) is 6.07 Å². The van der Waals surface area contributed by atoms with Crippen LogP contribution >= 0.6 is 15.9 Å². The number of benzene rings is 1. The van der Waals surface area contributed by atoms with Gasteiger partial charge in [-0.15, -0.1) is 0 Å². The van der Waals surface area contributed by atoms with Crippen molar-refractivity contribution in [3.8, 4) is 11.5 Å². The standard InChI is InChI=1S/C12H9BrFNO/c1-8-6-10(4-5-15-8)16-9-2-3-11(13)12(14)7-9/h2-7H,1H3. The first-order chi connectivity index (χ1) is 7.65. The second-order valence-corrected chi connectivity index (χ2v) is 4.17. The van der Waals surface area contributed by atoms with E-state index in [2.05, 4.69) is 20.9 Å². The third kappa shape index (κ3) is 2.58. The highest BCUT2D eigenvalue weighted by Crippen LogP contribution is 2.25. The van der Waals surface area contributed by atoms with E-state index in [9.17, 15) is 4.39 Å². The predicted octanol–water partition coefficient (Wildman–Crippen LogP) is 4.08. The van der Waals surface area contributed by atoms with Gasteiger partial charge in [-0.05, 0) is 41.1 Å². The molecule has 82 valence electrons. The number of aryl methyl sites for hydroxylation is 1. The lowest BCUT2D eigenvalue weighted by Gasteiger charge is -2.06. The minimum absolute atomic E-state index is 0.344. The number of hydrogen-bond acceptors (Lipinski definition) is 2. The molecular formula is C12H9BrFNO. The molecule has 2 aromatic rings. The molecule has 4 heteroatoms. The molecule has 0 atom stereocenters. The molecule has 16 heavy (non-hydrogen) atoms. The van der Waals surface area contributed by atoms with Gasteiger partial charge in [0, 0.05) is 24.0 Å². The summed E-state index contributed by atoms with van der Waals surface area (Å²) in [6, 6.07) is 8.16. The Balaban J connectivity index is 2.24. The van der Waals surface area contributed by atoms with E-state index in [-0.39, 0.29) is 5.82 Å². The maximum atomic E-state index is 13.2. The number of pyridine rings is 1. The molecule has 0 saturated heterocycles. The van der Waals surface area contributed by atoms with E-state index < -0.39 is 0 Å². The van der Waals surface area contributed by atoms with Crippen molar-refractivity contribution in [1.82, 2.24) is 4.98 Å². The number of nitrogens with zero attached hydrogens (tertiary/aromatic N) is 1. The Morgan fingerprint density at radius 3 is 2.62 bits per heavy atom. The number of rotatable bonds is 2. The zero-order chi connectivity index (χ0) is 11.5. The first-order valence-electron chi connectivity index (χ1n) is 4.71. The van der Waals surface area contributed by atoms with Crippen LogP contribution in [0.1, 0.15) is 5.69 Å². The largest absolute Gasteiger partial charge is 0.457 e. The molecule has 0 aliphatic rings. The fraction of sp³-hybridized carbons (Fsp3) is 0.0833. The van der Waals surface area contributed by atoms with Crippen LogP contribution < -0.4 is 4.74 Å². The molecule has 0 spiro atoms. The van der Waals surface area contributed by atoms with Gasteiger partial charge < -0.3 is 4.74 Å². The lowest BCUT2D eigenvalue weighted by molar-refractivity contribution is 0.475.